The van der Waals surface area contributed by atoms with Gasteiger partial charge in [0, 0.05) is 6.04 Å². The Labute approximate surface area is 50.4 Å². The second-order valence-corrected chi connectivity index (χ2v) is 2.44. The molecule has 1 aliphatic rings. The number of rotatable bonds is 1. The van der Waals surface area contributed by atoms with E-state index in [1.165, 1.54) is 32.1 Å². The van der Waals surface area contributed by atoms with E-state index in [4.69, 9.17) is 5.84 Å². The monoisotopic (exact) mass is 113 g/mol. The van der Waals surface area contributed by atoms with Gasteiger partial charge in [0.05, 0.1) is 0 Å². The first-order chi connectivity index (χ1) is 3.93. The fraction of sp³-hybridized carbons (Fsp3) is 1.00. The van der Waals surface area contributed by atoms with Crippen molar-refractivity contribution < 1.29 is 0 Å². The van der Waals surface area contributed by atoms with Gasteiger partial charge in [0.15, 0.2) is 0 Å². The highest BCUT2D eigenvalue weighted by Crippen LogP contribution is 2.16. The lowest BCUT2D eigenvalue weighted by Gasteiger charge is -2.17. The second-order valence-electron chi connectivity index (χ2n) is 2.44. The van der Waals surface area contributed by atoms with E-state index >= 15 is 0 Å². The number of nitrogens with two attached hydrogens (primary N) is 1. The van der Waals surface area contributed by atoms with Crippen LogP contribution in [0.2, 0.25) is 0 Å². The minimum atomic E-state index is 0.490. The fourth-order valence-corrected chi connectivity index (χ4v) is 1.23. The van der Waals surface area contributed by atoms with Gasteiger partial charge < -0.3 is 0 Å². The van der Waals surface area contributed by atoms with E-state index in [0.29, 0.717) is 6.04 Å². The van der Waals surface area contributed by atoms with E-state index in [1.807, 2.05) is 0 Å². The summed E-state index contributed by atoms with van der Waals surface area (Å²) in [6, 6.07) is 0.490. The van der Waals surface area contributed by atoms with E-state index in [9.17, 15) is 0 Å². The van der Waals surface area contributed by atoms with Crippen molar-refractivity contribution in [1.82, 2.24) is 5.43 Å². The molecule has 1 rings (SSSR count). The molecule has 0 heterocycles. The van der Waals surface area contributed by atoms with Crippen LogP contribution >= 0.6 is 0 Å². The Morgan fingerprint density at radius 3 is 2.12 bits per heavy atom. The maximum absolute atomic E-state index is 5.13. The molecule has 1 fully saturated rings. The average molecular weight is 113 g/mol. The highest BCUT2D eigenvalue weighted by Gasteiger charge is 2.11. The van der Waals surface area contributed by atoms with Gasteiger partial charge in [-0.25, -0.2) is 0 Å². The van der Waals surface area contributed by atoms with Gasteiger partial charge in [-0.3, -0.25) is 5.84 Å². The smallest absolute Gasteiger partial charge is 0.0413 e. The maximum Gasteiger partial charge on any atom is 0.0413 e. The Morgan fingerprint density at radius 1 is 1.12 bits per heavy atom. The summed E-state index contributed by atoms with van der Waals surface area (Å²) in [7, 11) is 0. The van der Waals surface area contributed by atoms with Crippen LogP contribution in [0, 0.1) is 0 Å². The van der Waals surface area contributed by atoms with Crippen molar-refractivity contribution in [3.8, 4) is 0 Å². The predicted octanol–water partition coefficient (Wildman–Crippen LogP) is 0.797. The van der Waals surface area contributed by atoms with Crippen LogP contribution < -0.4 is 11.3 Å². The molecule has 0 atom stereocenters. The lowest BCUT2D eigenvalue weighted by molar-refractivity contribution is 0.373. The molecule has 0 aromatic heterocycles. The van der Waals surface area contributed by atoms with E-state index in [-0.39, 0.29) is 0 Å². The fourth-order valence-electron chi connectivity index (χ4n) is 1.23. The molecule has 0 aromatic carbocycles. The lowest BCUT2D eigenvalue weighted by Crippen LogP contribution is -2.29. The zero-order chi connectivity index (χ0) is 5.82. The largest absolute Gasteiger partial charge is 0.253 e. The minimum absolute atomic E-state index is 0.490. The van der Waals surface area contributed by atoms with Crippen LogP contribution in [0.25, 0.3) is 0 Å². The van der Waals surface area contributed by atoms with Crippen molar-refractivity contribution >= 4 is 0 Å². The molecule has 0 bridgehead atoms. The van der Waals surface area contributed by atoms with Crippen molar-refractivity contribution in [3.05, 3.63) is 0 Å². The molecule has 1 aliphatic carbocycles. The Bertz CT molecular complexity index is 57.5. The third kappa shape index (κ3) is 1.46. The molecule has 0 aromatic rings. The van der Waals surface area contributed by atoms with E-state index in [0.717, 1.165) is 0 Å². The molecule has 0 spiro atoms. The molecule has 2 heteroatoms. The van der Waals surface area contributed by atoms with E-state index in [1.54, 1.807) is 0 Å². The van der Waals surface area contributed by atoms with Crippen molar-refractivity contribution in [3.63, 3.8) is 0 Å². The van der Waals surface area contributed by atoms with Gasteiger partial charge in [-0.2, -0.15) is 5.43 Å². The van der Waals surface area contributed by atoms with Crippen molar-refractivity contribution in [1.29, 1.82) is 0 Å². The summed E-state index contributed by atoms with van der Waals surface area (Å²) in [6.45, 7) is 0. The molecule has 0 amide bonds. The molecular formula is C6H13N2. The molecule has 0 unspecified atom stereocenters. The van der Waals surface area contributed by atoms with Crippen LogP contribution in [0.5, 0.6) is 0 Å². The molecule has 0 saturated heterocycles. The molecular weight excluding hydrogens is 100 g/mol. The highest BCUT2D eigenvalue weighted by atomic mass is 15.2. The minimum Gasteiger partial charge on any atom is -0.253 e. The molecule has 2 nitrogen and oxygen atoms in total. The van der Waals surface area contributed by atoms with Crippen LogP contribution in [-0.4, -0.2) is 6.04 Å². The molecule has 0 aliphatic heterocycles. The molecule has 2 N–H and O–H groups in total. The number of nitrogens with zero attached hydrogens (tertiary/aromatic N) is 1. The summed E-state index contributed by atoms with van der Waals surface area (Å²) in [5, 5.41) is 0. The van der Waals surface area contributed by atoms with E-state index < -0.39 is 0 Å². The van der Waals surface area contributed by atoms with Gasteiger partial charge in [0.1, 0.15) is 0 Å². The summed E-state index contributed by atoms with van der Waals surface area (Å²) in [5.41, 5.74) is 3.75. The Hall–Kier alpha value is -0.0800. The predicted molar refractivity (Wildman–Crippen MR) is 33.2 cm³/mol. The van der Waals surface area contributed by atoms with Crippen LogP contribution in [0.15, 0.2) is 0 Å². The summed E-state index contributed by atoms with van der Waals surface area (Å²) in [6.07, 6.45) is 6.47. The Balaban J connectivity index is 2.13. The van der Waals surface area contributed by atoms with Crippen LogP contribution in [-0.2, 0) is 0 Å². The third-order valence-electron chi connectivity index (χ3n) is 1.79. The highest BCUT2D eigenvalue weighted by molar-refractivity contribution is 4.67. The van der Waals surface area contributed by atoms with Crippen molar-refractivity contribution in [2.45, 2.75) is 38.1 Å². The molecule has 1 radical (unpaired) electrons. The first-order valence-corrected chi connectivity index (χ1v) is 3.33. The molecule has 8 heavy (non-hydrogen) atoms. The first kappa shape index (κ1) is 6.05. The standard InChI is InChI=1S/C6H13N2/c7-8-6-4-2-1-3-5-6/h6H,1-5,7H2. The normalized spacial score (nSPS) is 23.6. The molecule has 1 saturated carbocycles. The zero-order valence-electron chi connectivity index (χ0n) is 5.14. The second kappa shape index (κ2) is 3.05. The van der Waals surface area contributed by atoms with Gasteiger partial charge >= 0.3 is 0 Å². The maximum atomic E-state index is 5.13. The van der Waals surface area contributed by atoms with Gasteiger partial charge in [-0.05, 0) is 12.8 Å². The van der Waals surface area contributed by atoms with Gasteiger partial charge in [0.25, 0.3) is 0 Å². The summed E-state index contributed by atoms with van der Waals surface area (Å²) >= 11 is 0. The Morgan fingerprint density at radius 2 is 1.75 bits per heavy atom. The Kier molecular flexibility index (Phi) is 2.30. The van der Waals surface area contributed by atoms with Gasteiger partial charge in [-0.15, -0.1) is 0 Å². The van der Waals surface area contributed by atoms with E-state index in [2.05, 4.69) is 5.43 Å². The first-order valence-electron chi connectivity index (χ1n) is 3.33. The number of hydrogen-bond donors (Lipinski definition) is 1. The average Bonchev–Trinajstić information content (AvgIpc) is 1.90. The quantitative estimate of drug-likeness (QED) is 0.396. The zero-order valence-corrected chi connectivity index (χ0v) is 5.14. The van der Waals surface area contributed by atoms with Crippen LogP contribution in [0.1, 0.15) is 32.1 Å². The summed E-state index contributed by atoms with van der Waals surface area (Å²) in [4.78, 5) is 0. The van der Waals surface area contributed by atoms with Crippen molar-refractivity contribution in [2.75, 3.05) is 0 Å². The van der Waals surface area contributed by atoms with Crippen LogP contribution in [0.3, 0.4) is 0 Å². The van der Waals surface area contributed by atoms with Gasteiger partial charge in [-0.1, -0.05) is 19.3 Å². The summed E-state index contributed by atoms with van der Waals surface area (Å²) < 4.78 is 0. The summed E-state index contributed by atoms with van der Waals surface area (Å²) in [5.74, 6) is 5.13. The number of hydrogen-bond acceptors (Lipinski definition) is 1. The topological polar surface area (TPSA) is 40.1 Å². The SMILES string of the molecule is N[N]C1CCCCC1. The molecule has 47 valence electrons. The van der Waals surface area contributed by atoms with Crippen molar-refractivity contribution in [2.24, 2.45) is 5.84 Å². The van der Waals surface area contributed by atoms with Gasteiger partial charge in [0.2, 0.25) is 0 Å². The third-order valence-corrected chi connectivity index (χ3v) is 1.79. The lowest BCUT2D eigenvalue weighted by atomic mass is 9.96. The van der Waals surface area contributed by atoms with Crippen LogP contribution in [0.4, 0.5) is 0 Å².